The summed E-state index contributed by atoms with van der Waals surface area (Å²) in [6, 6.07) is 1.49. The first-order chi connectivity index (χ1) is 12.7. The molecule has 29 heavy (non-hydrogen) atoms. The molecule has 4 aliphatic carbocycles. The lowest BCUT2D eigenvalue weighted by Crippen LogP contribution is -2.52. The molecule has 4 rings (SSSR count). The first-order valence-electron chi connectivity index (χ1n) is 11.7. The monoisotopic (exact) mass is 444 g/mol. The zero-order valence-electron chi connectivity index (χ0n) is 19.9. The summed E-state index contributed by atoms with van der Waals surface area (Å²) >= 11 is 0. The summed E-state index contributed by atoms with van der Waals surface area (Å²) in [4.78, 5) is 4.95. The van der Waals surface area contributed by atoms with Gasteiger partial charge in [0.05, 0.1) is 0 Å². The fourth-order valence-corrected chi connectivity index (χ4v) is 8.28. The van der Waals surface area contributed by atoms with Crippen molar-refractivity contribution in [1.29, 1.82) is 0 Å². The summed E-state index contributed by atoms with van der Waals surface area (Å²) in [7, 11) is 9.12. The first kappa shape index (κ1) is 25.5. The summed E-state index contributed by atoms with van der Waals surface area (Å²) < 4.78 is 0. The molecule has 0 saturated heterocycles. The highest BCUT2D eigenvalue weighted by Crippen LogP contribution is 2.66. The maximum absolute atomic E-state index is 2.73. The van der Waals surface area contributed by atoms with Gasteiger partial charge in [0.1, 0.15) is 0 Å². The van der Waals surface area contributed by atoms with Crippen molar-refractivity contribution in [2.45, 2.75) is 84.2 Å². The summed E-state index contributed by atoms with van der Waals surface area (Å²) in [5.74, 6) is 3.76. The SMILES string of the molecule is C[C@@H]([C@H]1CC[C@H]2[C@@H]3CC=C4C[C@@H](N(C)C)CC[C@]4(C)[C@H]3CC[C@]12C)N(C)C.Cl.Cl. The van der Waals surface area contributed by atoms with Crippen LogP contribution in [0.2, 0.25) is 0 Å². The fraction of sp³-hybridized carbons (Fsp3) is 0.920. The minimum absolute atomic E-state index is 0. The lowest BCUT2D eigenvalue weighted by molar-refractivity contribution is -0.0550. The van der Waals surface area contributed by atoms with Crippen LogP contribution in [-0.2, 0) is 0 Å². The average Bonchev–Trinajstić information content (AvgIpc) is 2.97. The van der Waals surface area contributed by atoms with Crippen LogP contribution in [0.1, 0.15) is 72.1 Å². The Morgan fingerprint density at radius 3 is 2.24 bits per heavy atom. The van der Waals surface area contributed by atoms with Crippen molar-refractivity contribution in [2.75, 3.05) is 28.2 Å². The molecule has 0 bridgehead atoms. The minimum atomic E-state index is 0. The van der Waals surface area contributed by atoms with E-state index >= 15 is 0 Å². The van der Waals surface area contributed by atoms with E-state index in [0.717, 1.165) is 35.8 Å². The summed E-state index contributed by atoms with van der Waals surface area (Å²) in [6.07, 6.45) is 14.1. The van der Waals surface area contributed by atoms with Crippen LogP contribution < -0.4 is 0 Å². The Hall–Kier alpha value is 0.240. The third-order valence-corrected chi connectivity index (χ3v) is 10.3. The molecule has 3 saturated carbocycles. The highest BCUT2D eigenvalue weighted by molar-refractivity contribution is 5.85. The van der Waals surface area contributed by atoms with Gasteiger partial charge in [0.15, 0.2) is 0 Å². The molecule has 0 aromatic rings. The summed E-state index contributed by atoms with van der Waals surface area (Å²) in [5.41, 5.74) is 2.91. The molecule has 0 radical (unpaired) electrons. The Bertz CT molecular complexity index is 604. The number of halogens is 2. The Labute approximate surface area is 193 Å². The molecule has 0 amide bonds. The van der Waals surface area contributed by atoms with Crippen molar-refractivity contribution in [3.63, 3.8) is 0 Å². The minimum Gasteiger partial charge on any atom is -0.306 e. The van der Waals surface area contributed by atoms with E-state index in [1.54, 1.807) is 0 Å². The number of allylic oxidation sites excluding steroid dienone is 1. The van der Waals surface area contributed by atoms with E-state index in [0.29, 0.717) is 10.8 Å². The zero-order chi connectivity index (χ0) is 19.6. The summed E-state index contributed by atoms with van der Waals surface area (Å²) in [6.45, 7) is 7.81. The Kier molecular flexibility index (Phi) is 7.92. The maximum Gasteiger partial charge on any atom is 0.0127 e. The zero-order valence-corrected chi connectivity index (χ0v) is 21.5. The Balaban J connectivity index is 0.00000150. The molecule has 4 heteroatoms. The van der Waals surface area contributed by atoms with Crippen LogP contribution in [0, 0.1) is 34.5 Å². The molecule has 3 fully saturated rings. The van der Waals surface area contributed by atoms with Gasteiger partial charge < -0.3 is 9.80 Å². The molecule has 0 aromatic carbocycles. The van der Waals surface area contributed by atoms with E-state index in [4.69, 9.17) is 0 Å². The normalized spacial score (nSPS) is 44.7. The fourth-order valence-electron chi connectivity index (χ4n) is 8.28. The number of nitrogens with zero attached hydrogens (tertiary/aromatic N) is 2. The van der Waals surface area contributed by atoms with E-state index in [2.05, 4.69) is 64.8 Å². The molecular weight excluding hydrogens is 399 g/mol. The third-order valence-electron chi connectivity index (χ3n) is 10.3. The Morgan fingerprint density at radius 2 is 1.62 bits per heavy atom. The van der Waals surface area contributed by atoms with Gasteiger partial charge in [0.25, 0.3) is 0 Å². The molecule has 0 unspecified atom stereocenters. The number of fused-ring (bicyclic) bond motifs is 5. The number of hydrogen-bond acceptors (Lipinski definition) is 2. The van der Waals surface area contributed by atoms with Crippen LogP contribution in [0.3, 0.4) is 0 Å². The predicted octanol–water partition coefficient (Wildman–Crippen LogP) is 6.29. The van der Waals surface area contributed by atoms with E-state index in [1.165, 1.54) is 51.4 Å². The van der Waals surface area contributed by atoms with Crippen LogP contribution in [0.5, 0.6) is 0 Å². The van der Waals surface area contributed by atoms with Gasteiger partial charge in [0, 0.05) is 12.1 Å². The molecule has 0 heterocycles. The second-order valence-electron chi connectivity index (χ2n) is 11.6. The summed E-state index contributed by atoms with van der Waals surface area (Å²) in [5, 5.41) is 0. The van der Waals surface area contributed by atoms with Gasteiger partial charge in [-0.3, -0.25) is 0 Å². The van der Waals surface area contributed by atoms with E-state index in [-0.39, 0.29) is 24.8 Å². The van der Waals surface area contributed by atoms with Crippen LogP contribution in [0.4, 0.5) is 0 Å². The molecule has 8 atom stereocenters. The quantitative estimate of drug-likeness (QED) is 0.471. The number of rotatable bonds is 3. The van der Waals surface area contributed by atoms with Crippen molar-refractivity contribution in [3.8, 4) is 0 Å². The molecule has 0 spiro atoms. The topological polar surface area (TPSA) is 6.48 Å². The van der Waals surface area contributed by atoms with Crippen LogP contribution >= 0.6 is 24.8 Å². The molecule has 170 valence electrons. The Morgan fingerprint density at radius 1 is 0.931 bits per heavy atom. The highest BCUT2D eigenvalue weighted by atomic mass is 35.5. The third kappa shape index (κ3) is 3.94. The molecule has 0 aromatic heterocycles. The second-order valence-corrected chi connectivity index (χ2v) is 11.6. The van der Waals surface area contributed by atoms with E-state index in [1.807, 2.05) is 5.57 Å². The van der Waals surface area contributed by atoms with E-state index in [9.17, 15) is 0 Å². The van der Waals surface area contributed by atoms with Crippen molar-refractivity contribution in [3.05, 3.63) is 11.6 Å². The van der Waals surface area contributed by atoms with Crippen molar-refractivity contribution >= 4 is 24.8 Å². The standard InChI is InChI=1S/C25H44N2.2ClH/c1-17(26(4)5)21-10-11-22-20-9-8-18-16-19(27(6)7)12-14-24(18,2)23(20)13-15-25(21,22)3;;/h8,17,19-23H,9-16H2,1-7H3;2*1H/t17-,19-,20-,21+,22-,23-,24-,25+;;/m0../s1. The van der Waals surface area contributed by atoms with Gasteiger partial charge >= 0.3 is 0 Å². The van der Waals surface area contributed by atoms with Crippen molar-refractivity contribution in [1.82, 2.24) is 9.80 Å². The lowest BCUT2D eigenvalue weighted by Gasteiger charge is -2.59. The molecular formula is C25H46Cl2N2. The average molecular weight is 446 g/mol. The van der Waals surface area contributed by atoms with Crippen LogP contribution in [-0.4, -0.2) is 50.1 Å². The molecule has 2 nitrogen and oxygen atoms in total. The molecule has 0 N–H and O–H groups in total. The maximum atomic E-state index is 2.73. The van der Waals surface area contributed by atoms with Crippen molar-refractivity contribution in [2.24, 2.45) is 34.5 Å². The van der Waals surface area contributed by atoms with Gasteiger partial charge in [-0.2, -0.15) is 0 Å². The smallest absolute Gasteiger partial charge is 0.0127 e. The molecule has 4 aliphatic rings. The van der Waals surface area contributed by atoms with Crippen LogP contribution in [0.15, 0.2) is 11.6 Å². The van der Waals surface area contributed by atoms with Gasteiger partial charge in [-0.1, -0.05) is 25.5 Å². The highest BCUT2D eigenvalue weighted by Gasteiger charge is 2.59. The largest absolute Gasteiger partial charge is 0.306 e. The van der Waals surface area contributed by atoms with Gasteiger partial charge in [0.2, 0.25) is 0 Å². The van der Waals surface area contributed by atoms with Crippen LogP contribution in [0.25, 0.3) is 0 Å². The lowest BCUT2D eigenvalue weighted by atomic mass is 9.47. The first-order valence-corrected chi connectivity index (χ1v) is 11.7. The molecule has 0 aliphatic heterocycles. The van der Waals surface area contributed by atoms with Crippen molar-refractivity contribution < 1.29 is 0 Å². The van der Waals surface area contributed by atoms with E-state index < -0.39 is 0 Å². The number of hydrogen-bond donors (Lipinski definition) is 0. The van der Waals surface area contributed by atoms with Gasteiger partial charge in [-0.15, -0.1) is 24.8 Å². The second kappa shape index (κ2) is 9.00. The van der Waals surface area contributed by atoms with Gasteiger partial charge in [-0.05, 0) is 121 Å². The van der Waals surface area contributed by atoms with Gasteiger partial charge in [-0.25, -0.2) is 0 Å². The predicted molar refractivity (Wildman–Crippen MR) is 130 cm³/mol.